The number of aromatic amines is 1. The van der Waals surface area contributed by atoms with Crippen LogP contribution in [0.25, 0.3) is 0 Å². The maximum Gasteiger partial charge on any atom is 0.355 e. The quantitative estimate of drug-likeness (QED) is 0.484. The maximum absolute atomic E-state index is 12.3. The van der Waals surface area contributed by atoms with Gasteiger partial charge in [0.05, 0.1) is 0 Å². The molecule has 1 N–H and O–H groups in total. The van der Waals surface area contributed by atoms with E-state index in [0.29, 0.717) is 28.2 Å². The Balaban J connectivity index is 1.68. The summed E-state index contributed by atoms with van der Waals surface area (Å²) in [6, 6.07) is 8.13. The van der Waals surface area contributed by atoms with Crippen LogP contribution < -0.4 is 4.80 Å². The lowest BCUT2D eigenvalue weighted by Gasteiger charge is -2.04. The van der Waals surface area contributed by atoms with E-state index in [4.69, 9.17) is 4.74 Å². The van der Waals surface area contributed by atoms with Crippen molar-refractivity contribution < 1.29 is 19.1 Å². The number of benzene rings is 1. The highest BCUT2D eigenvalue weighted by Gasteiger charge is 2.21. The second-order valence-corrected chi connectivity index (χ2v) is 7.93. The zero-order valence-corrected chi connectivity index (χ0v) is 18.1. The van der Waals surface area contributed by atoms with Crippen LogP contribution in [-0.2, 0) is 16.1 Å². The second kappa shape index (κ2) is 9.04. The van der Waals surface area contributed by atoms with Crippen molar-refractivity contribution in [2.75, 3.05) is 6.61 Å². The van der Waals surface area contributed by atoms with E-state index in [1.165, 1.54) is 23.8 Å². The third-order valence-electron chi connectivity index (χ3n) is 4.67. The van der Waals surface area contributed by atoms with Crippen LogP contribution in [0.5, 0.6) is 0 Å². The zero-order valence-electron chi connectivity index (χ0n) is 17.3. The monoisotopic (exact) mass is 425 g/mol. The standard InChI is InChI=1S/C22H23N3O4S/c1-13-5-7-17(8-6-13)11-25-9-10-30-22(25)24-18(27)12-29-21(28)20-14(2)19(16(4)26)15(3)23-20/h5-10,23H,11-12H2,1-4H3. The molecule has 2 heterocycles. The summed E-state index contributed by atoms with van der Waals surface area (Å²) in [5, 5.41) is 1.85. The SMILES string of the molecule is CC(=O)c1c(C)[nH]c(C(=O)OCC(=O)N=c2sccn2Cc2ccc(C)cc2)c1C. The molecule has 8 heteroatoms. The van der Waals surface area contributed by atoms with Gasteiger partial charge in [-0.05, 0) is 38.8 Å². The summed E-state index contributed by atoms with van der Waals surface area (Å²) in [4.78, 5) is 43.8. The number of hydrogen-bond acceptors (Lipinski definition) is 5. The molecule has 0 atom stereocenters. The summed E-state index contributed by atoms with van der Waals surface area (Å²) in [5.74, 6) is -1.39. The molecule has 0 unspecified atom stereocenters. The number of nitrogens with zero attached hydrogens (tertiary/aromatic N) is 2. The van der Waals surface area contributed by atoms with Gasteiger partial charge in [-0.15, -0.1) is 11.3 Å². The fraction of sp³-hybridized carbons (Fsp3) is 0.273. The smallest absolute Gasteiger partial charge is 0.355 e. The molecule has 2 aromatic heterocycles. The summed E-state index contributed by atoms with van der Waals surface area (Å²) in [6.45, 7) is 6.96. The second-order valence-electron chi connectivity index (χ2n) is 7.06. The van der Waals surface area contributed by atoms with Crippen LogP contribution in [0, 0.1) is 20.8 Å². The van der Waals surface area contributed by atoms with Crippen molar-refractivity contribution in [3.63, 3.8) is 0 Å². The molecule has 0 saturated carbocycles. The van der Waals surface area contributed by atoms with Crippen molar-refractivity contribution in [1.29, 1.82) is 0 Å². The zero-order chi connectivity index (χ0) is 21.8. The number of carbonyl (C=O) groups is 3. The number of thiazole rings is 1. The fourth-order valence-electron chi connectivity index (χ4n) is 3.22. The number of carbonyl (C=O) groups excluding carboxylic acids is 3. The topological polar surface area (TPSA) is 93.5 Å². The van der Waals surface area contributed by atoms with Crippen molar-refractivity contribution in [3.05, 3.63) is 74.3 Å². The Labute approximate surface area is 178 Å². The van der Waals surface area contributed by atoms with Crippen molar-refractivity contribution in [2.24, 2.45) is 4.99 Å². The first-order valence-electron chi connectivity index (χ1n) is 9.40. The van der Waals surface area contributed by atoms with E-state index >= 15 is 0 Å². The van der Waals surface area contributed by atoms with Gasteiger partial charge >= 0.3 is 5.97 Å². The number of ketones is 1. The largest absolute Gasteiger partial charge is 0.451 e. The van der Waals surface area contributed by atoms with Crippen molar-refractivity contribution >= 4 is 29.0 Å². The van der Waals surface area contributed by atoms with Gasteiger partial charge in [0.25, 0.3) is 5.91 Å². The van der Waals surface area contributed by atoms with E-state index in [1.54, 1.807) is 13.8 Å². The molecule has 1 aromatic carbocycles. The Morgan fingerprint density at radius 1 is 1.13 bits per heavy atom. The van der Waals surface area contributed by atoms with Gasteiger partial charge in [0, 0.05) is 29.4 Å². The molecule has 0 bridgehead atoms. The molecular formula is C22H23N3O4S. The Bertz CT molecular complexity index is 1170. The molecule has 3 rings (SSSR count). The molecule has 156 valence electrons. The molecule has 7 nitrogen and oxygen atoms in total. The van der Waals surface area contributed by atoms with Gasteiger partial charge in [0.15, 0.2) is 17.2 Å². The number of amides is 1. The number of hydrogen-bond donors (Lipinski definition) is 1. The summed E-state index contributed by atoms with van der Waals surface area (Å²) in [6.07, 6.45) is 1.86. The highest BCUT2D eigenvalue weighted by Crippen LogP contribution is 2.19. The van der Waals surface area contributed by atoms with Gasteiger partial charge in [0.2, 0.25) is 0 Å². The molecule has 30 heavy (non-hydrogen) atoms. The molecule has 0 aliphatic heterocycles. The molecule has 0 aliphatic rings. The Hall–Kier alpha value is -3.26. The number of H-pyrrole nitrogens is 1. The van der Waals surface area contributed by atoms with Gasteiger partial charge in [-0.2, -0.15) is 4.99 Å². The summed E-state index contributed by atoms with van der Waals surface area (Å²) in [5.41, 5.74) is 4.03. The number of rotatable bonds is 6. The number of aryl methyl sites for hydroxylation is 2. The van der Waals surface area contributed by atoms with Gasteiger partial charge in [-0.3, -0.25) is 9.59 Å². The maximum atomic E-state index is 12.3. The van der Waals surface area contributed by atoms with Crippen LogP contribution in [0.1, 0.15) is 50.2 Å². The molecular weight excluding hydrogens is 402 g/mol. The van der Waals surface area contributed by atoms with E-state index in [1.807, 2.05) is 47.3 Å². The minimum Gasteiger partial charge on any atom is -0.451 e. The summed E-state index contributed by atoms with van der Waals surface area (Å²) in [7, 11) is 0. The van der Waals surface area contributed by atoms with Gasteiger partial charge in [-0.25, -0.2) is 4.79 Å². The summed E-state index contributed by atoms with van der Waals surface area (Å²) >= 11 is 1.33. The predicted octanol–water partition coefficient (Wildman–Crippen LogP) is 3.34. The Morgan fingerprint density at radius 3 is 2.47 bits per heavy atom. The lowest BCUT2D eigenvalue weighted by molar-refractivity contribution is -0.121. The lowest BCUT2D eigenvalue weighted by atomic mass is 10.1. The van der Waals surface area contributed by atoms with E-state index in [9.17, 15) is 14.4 Å². The number of aromatic nitrogens is 2. The summed E-state index contributed by atoms with van der Waals surface area (Å²) < 4.78 is 6.98. The van der Waals surface area contributed by atoms with E-state index in [0.717, 1.165) is 5.56 Å². The van der Waals surface area contributed by atoms with E-state index in [2.05, 4.69) is 9.98 Å². The third-order valence-corrected chi connectivity index (χ3v) is 5.47. The molecule has 0 radical (unpaired) electrons. The van der Waals surface area contributed by atoms with Gasteiger partial charge < -0.3 is 14.3 Å². The lowest BCUT2D eigenvalue weighted by Crippen LogP contribution is -2.20. The first-order valence-corrected chi connectivity index (χ1v) is 10.3. The number of ether oxygens (including phenoxy) is 1. The molecule has 0 fully saturated rings. The van der Waals surface area contributed by atoms with Crippen molar-refractivity contribution in [2.45, 2.75) is 34.2 Å². The van der Waals surface area contributed by atoms with Crippen molar-refractivity contribution in [3.8, 4) is 0 Å². The van der Waals surface area contributed by atoms with Crippen LogP contribution in [0.2, 0.25) is 0 Å². The minimum atomic E-state index is -0.689. The minimum absolute atomic E-state index is 0.137. The Morgan fingerprint density at radius 2 is 1.83 bits per heavy atom. The van der Waals surface area contributed by atoms with E-state index in [-0.39, 0.29) is 11.5 Å². The molecule has 0 aliphatic carbocycles. The Kier molecular flexibility index (Phi) is 6.47. The number of esters is 1. The molecule has 3 aromatic rings. The highest BCUT2D eigenvalue weighted by molar-refractivity contribution is 7.07. The first-order chi connectivity index (χ1) is 14.3. The average molecular weight is 426 g/mol. The normalized spacial score (nSPS) is 11.5. The van der Waals surface area contributed by atoms with Crippen LogP contribution >= 0.6 is 11.3 Å². The van der Waals surface area contributed by atoms with Crippen molar-refractivity contribution in [1.82, 2.24) is 9.55 Å². The highest BCUT2D eigenvalue weighted by atomic mass is 32.1. The number of nitrogens with one attached hydrogen (secondary N) is 1. The third kappa shape index (κ3) is 4.83. The van der Waals surface area contributed by atoms with Gasteiger partial charge in [-0.1, -0.05) is 29.8 Å². The fourth-order valence-corrected chi connectivity index (χ4v) is 3.96. The van der Waals surface area contributed by atoms with Crippen LogP contribution in [0.3, 0.4) is 0 Å². The molecule has 0 saturated heterocycles. The first kappa shape index (κ1) is 21.4. The predicted molar refractivity (Wildman–Crippen MR) is 114 cm³/mol. The van der Waals surface area contributed by atoms with Crippen LogP contribution in [0.15, 0.2) is 40.8 Å². The van der Waals surface area contributed by atoms with E-state index < -0.39 is 18.5 Å². The number of Topliss-reactive ketones (excluding diaryl/α,β-unsaturated/α-hetero) is 1. The molecule has 0 spiro atoms. The average Bonchev–Trinajstić information content (AvgIpc) is 3.24. The van der Waals surface area contributed by atoms with Gasteiger partial charge in [0.1, 0.15) is 5.69 Å². The molecule has 1 amide bonds. The van der Waals surface area contributed by atoms with Crippen LogP contribution in [0.4, 0.5) is 0 Å². The van der Waals surface area contributed by atoms with Crippen LogP contribution in [-0.4, -0.2) is 33.8 Å².